The van der Waals surface area contributed by atoms with Crippen molar-refractivity contribution in [3.8, 4) is 67.4 Å². The Morgan fingerprint density at radius 1 is 0.333 bits per heavy atom. The van der Waals surface area contributed by atoms with E-state index in [-0.39, 0.29) is 0 Å². The summed E-state index contributed by atoms with van der Waals surface area (Å²) >= 11 is 0. The van der Waals surface area contributed by atoms with Crippen molar-refractivity contribution in [1.29, 1.82) is 0 Å². The molecule has 3 aromatic heterocycles. The van der Waals surface area contributed by atoms with Gasteiger partial charge in [-0.1, -0.05) is 176 Å². The molecule has 57 heavy (non-hydrogen) atoms. The minimum Gasteiger partial charge on any atom is -0.455 e. The lowest BCUT2D eigenvalue weighted by molar-refractivity contribution is 0.670. The summed E-state index contributed by atoms with van der Waals surface area (Å²) < 4.78 is 6.38. The standard InChI is InChI=1S/C53H33N3O/c1-4-14-34(15-5-1)40-21-12-24-44-50(40)45-32-39(30-31-46(45)54-51(44)37-16-6-2-7-17-37)48-33-47(55-53(56-48)38-18-8-3-9-19-38)36-28-26-35(27-29-36)41-22-13-23-43-42-20-10-11-25-49(42)57-52(41)43/h1-33H. The minimum absolute atomic E-state index is 0.673. The van der Waals surface area contributed by atoms with Gasteiger partial charge in [0.2, 0.25) is 0 Å². The highest BCUT2D eigenvalue weighted by molar-refractivity contribution is 6.17. The molecule has 8 aromatic carbocycles. The highest BCUT2D eigenvalue weighted by Gasteiger charge is 2.18. The number of furan rings is 1. The third kappa shape index (κ3) is 5.74. The summed E-state index contributed by atoms with van der Waals surface area (Å²) in [5.41, 5.74) is 13.9. The molecule has 0 bridgehead atoms. The Balaban J connectivity index is 1.08. The van der Waals surface area contributed by atoms with Crippen LogP contribution in [0.15, 0.2) is 205 Å². The van der Waals surface area contributed by atoms with Crippen LogP contribution in [0, 0.1) is 0 Å². The molecule has 0 aliphatic rings. The Bertz CT molecular complexity index is 3260. The molecule has 0 saturated heterocycles. The average molecular weight is 728 g/mol. The lowest BCUT2D eigenvalue weighted by Gasteiger charge is -2.15. The molecule has 0 amide bonds. The second-order valence-electron chi connectivity index (χ2n) is 14.3. The summed E-state index contributed by atoms with van der Waals surface area (Å²) in [4.78, 5) is 15.7. The first-order valence-electron chi connectivity index (χ1n) is 19.2. The molecule has 0 saturated carbocycles. The van der Waals surface area contributed by atoms with Crippen LogP contribution >= 0.6 is 0 Å². The largest absolute Gasteiger partial charge is 0.455 e. The summed E-state index contributed by atoms with van der Waals surface area (Å²) in [5, 5.41) is 5.59. The highest BCUT2D eigenvalue weighted by atomic mass is 16.3. The molecule has 0 aliphatic heterocycles. The smallest absolute Gasteiger partial charge is 0.160 e. The summed E-state index contributed by atoms with van der Waals surface area (Å²) in [6, 6.07) is 69.6. The van der Waals surface area contributed by atoms with Crippen molar-refractivity contribution in [1.82, 2.24) is 15.0 Å². The molecule has 0 spiro atoms. The molecule has 0 fully saturated rings. The Kier molecular flexibility index (Phi) is 7.78. The van der Waals surface area contributed by atoms with E-state index in [1.165, 1.54) is 10.9 Å². The molecular weight excluding hydrogens is 695 g/mol. The van der Waals surface area contributed by atoms with Gasteiger partial charge in [-0.15, -0.1) is 0 Å². The van der Waals surface area contributed by atoms with Crippen molar-refractivity contribution in [2.24, 2.45) is 0 Å². The van der Waals surface area contributed by atoms with E-state index in [0.29, 0.717) is 5.82 Å². The number of fused-ring (bicyclic) bond motifs is 6. The summed E-state index contributed by atoms with van der Waals surface area (Å²) in [6.45, 7) is 0. The van der Waals surface area contributed by atoms with Gasteiger partial charge < -0.3 is 4.42 Å². The van der Waals surface area contributed by atoms with E-state index in [0.717, 1.165) is 94.3 Å². The number of benzene rings is 8. The number of nitrogens with zero attached hydrogens (tertiary/aromatic N) is 3. The van der Waals surface area contributed by atoms with Gasteiger partial charge in [0.1, 0.15) is 11.2 Å². The molecule has 0 radical (unpaired) electrons. The number of aromatic nitrogens is 3. The molecular formula is C53H33N3O. The molecule has 266 valence electrons. The van der Waals surface area contributed by atoms with Gasteiger partial charge in [0.05, 0.1) is 22.6 Å². The number of hydrogen-bond acceptors (Lipinski definition) is 4. The van der Waals surface area contributed by atoms with E-state index in [1.54, 1.807) is 0 Å². The van der Waals surface area contributed by atoms with E-state index in [1.807, 2.05) is 36.4 Å². The van der Waals surface area contributed by atoms with E-state index >= 15 is 0 Å². The zero-order valence-corrected chi connectivity index (χ0v) is 30.8. The van der Waals surface area contributed by atoms with E-state index in [2.05, 4.69) is 164 Å². The predicted molar refractivity (Wildman–Crippen MR) is 235 cm³/mol. The van der Waals surface area contributed by atoms with Crippen molar-refractivity contribution < 1.29 is 4.42 Å². The van der Waals surface area contributed by atoms with Crippen LogP contribution in [0.1, 0.15) is 0 Å². The number of hydrogen-bond donors (Lipinski definition) is 0. The predicted octanol–water partition coefficient (Wildman–Crippen LogP) is 14.1. The van der Waals surface area contributed by atoms with Gasteiger partial charge in [0, 0.05) is 54.7 Å². The van der Waals surface area contributed by atoms with Gasteiger partial charge in [-0.05, 0) is 41.0 Å². The van der Waals surface area contributed by atoms with Crippen LogP contribution in [0.3, 0.4) is 0 Å². The van der Waals surface area contributed by atoms with Crippen molar-refractivity contribution in [3.05, 3.63) is 200 Å². The molecule has 11 rings (SSSR count). The zero-order valence-electron chi connectivity index (χ0n) is 30.8. The lowest BCUT2D eigenvalue weighted by Crippen LogP contribution is -1.97. The van der Waals surface area contributed by atoms with Gasteiger partial charge in [-0.25, -0.2) is 15.0 Å². The topological polar surface area (TPSA) is 51.8 Å². The molecule has 0 aliphatic carbocycles. The molecule has 3 heterocycles. The lowest BCUT2D eigenvalue weighted by atomic mass is 9.92. The van der Waals surface area contributed by atoms with Crippen LogP contribution < -0.4 is 0 Å². The quantitative estimate of drug-likeness (QED) is 0.160. The molecule has 0 unspecified atom stereocenters. The molecule has 0 N–H and O–H groups in total. The van der Waals surface area contributed by atoms with Crippen LogP contribution in [-0.2, 0) is 0 Å². The summed E-state index contributed by atoms with van der Waals surface area (Å²) in [5.74, 6) is 0.673. The number of pyridine rings is 1. The molecule has 0 atom stereocenters. The van der Waals surface area contributed by atoms with Gasteiger partial charge in [0.25, 0.3) is 0 Å². The number of para-hydroxylation sites is 2. The maximum atomic E-state index is 6.38. The minimum atomic E-state index is 0.673. The second kappa shape index (κ2) is 13.6. The van der Waals surface area contributed by atoms with Gasteiger partial charge in [0.15, 0.2) is 5.82 Å². The maximum absolute atomic E-state index is 6.38. The third-order valence-corrected chi connectivity index (χ3v) is 10.9. The van der Waals surface area contributed by atoms with Gasteiger partial charge >= 0.3 is 0 Å². The highest BCUT2D eigenvalue weighted by Crippen LogP contribution is 2.41. The molecule has 4 heteroatoms. The fourth-order valence-electron chi connectivity index (χ4n) is 8.14. The Labute approximate surface area is 329 Å². The van der Waals surface area contributed by atoms with Gasteiger partial charge in [-0.3, -0.25) is 0 Å². The monoisotopic (exact) mass is 727 g/mol. The third-order valence-electron chi connectivity index (χ3n) is 10.9. The first-order chi connectivity index (χ1) is 28.2. The maximum Gasteiger partial charge on any atom is 0.160 e. The SMILES string of the molecule is c1ccc(-c2nc(-c3ccc(-c4cccc5c4oc4ccccc45)cc3)cc(-c3ccc4nc(-c5ccccc5)c5cccc(-c6ccccc6)c5c4c3)n2)cc1. The van der Waals surface area contributed by atoms with E-state index in [9.17, 15) is 0 Å². The van der Waals surface area contributed by atoms with E-state index in [4.69, 9.17) is 19.4 Å². The van der Waals surface area contributed by atoms with Crippen LogP contribution in [0.2, 0.25) is 0 Å². The van der Waals surface area contributed by atoms with E-state index < -0.39 is 0 Å². The summed E-state index contributed by atoms with van der Waals surface area (Å²) in [7, 11) is 0. The summed E-state index contributed by atoms with van der Waals surface area (Å²) in [6.07, 6.45) is 0. The second-order valence-corrected chi connectivity index (χ2v) is 14.3. The normalized spacial score (nSPS) is 11.5. The van der Waals surface area contributed by atoms with Crippen LogP contribution in [0.25, 0.3) is 111 Å². The van der Waals surface area contributed by atoms with Crippen LogP contribution in [0.5, 0.6) is 0 Å². The average Bonchev–Trinajstić information content (AvgIpc) is 3.68. The fraction of sp³-hybridized carbons (Fsp3) is 0. The van der Waals surface area contributed by atoms with Crippen molar-refractivity contribution >= 4 is 43.6 Å². The van der Waals surface area contributed by atoms with Gasteiger partial charge in [-0.2, -0.15) is 0 Å². The van der Waals surface area contributed by atoms with Crippen molar-refractivity contribution in [3.63, 3.8) is 0 Å². The van der Waals surface area contributed by atoms with Crippen molar-refractivity contribution in [2.75, 3.05) is 0 Å². The van der Waals surface area contributed by atoms with Crippen LogP contribution in [-0.4, -0.2) is 15.0 Å². The van der Waals surface area contributed by atoms with Crippen LogP contribution in [0.4, 0.5) is 0 Å². The Morgan fingerprint density at radius 3 is 1.65 bits per heavy atom. The Hall–Kier alpha value is -7.69. The molecule has 4 nitrogen and oxygen atoms in total. The molecule has 11 aromatic rings. The Morgan fingerprint density at radius 2 is 0.895 bits per heavy atom. The first-order valence-corrected chi connectivity index (χ1v) is 19.2. The fourth-order valence-corrected chi connectivity index (χ4v) is 8.14. The first kappa shape index (κ1) is 32.7. The zero-order chi connectivity index (χ0) is 37.7. The van der Waals surface area contributed by atoms with Crippen molar-refractivity contribution in [2.45, 2.75) is 0 Å². The number of rotatable bonds is 6.